The molecule has 0 aromatic heterocycles. The van der Waals surface area contributed by atoms with Gasteiger partial charge in [0.2, 0.25) is 0 Å². The van der Waals surface area contributed by atoms with Crippen LogP contribution in [-0.2, 0) is 0 Å². The molecule has 0 aliphatic heterocycles. The highest BCUT2D eigenvalue weighted by Gasteiger charge is 2.41. The van der Waals surface area contributed by atoms with Crippen LogP contribution in [0.25, 0.3) is 0 Å². The fourth-order valence-corrected chi connectivity index (χ4v) is 8.44. The van der Waals surface area contributed by atoms with Crippen LogP contribution in [-0.4, -0.2) is 0 Å². The standard InChI is InChI=1S/C30H56/c1-5-6-9-21-28(27-19-12-8-13-20-27)22-29(25(4)26-17-10-7-11-18-26)30-23(2)15-14-16-24(30)3/h23-30H,5-22H2,1-4H3. The molecule has 5 unspecified atom stereocenters. The summed E-state index contributed by atoms with van der Waals surface area (Å²) in [5.41, 5.74) is 0. The van der Waals surface area contributed by atoms with Gasteiger partial charge in [0.1, 0.15) is 0 Å². The molecule has 3 aliphatic rings. The van der Waals surface area contributed by atoms with Crippen molar-refractivity contribution in [3.63, 3.8) is 0 Å². The maximum Gasteiger partial charge on any atom is -0.0332 e. The summed E-state index contributed by atoms with van der Waals surface area (Å²) in [6.45, 7) is 10.4. The molecule has 0 heterocycles. The Morgan fingerprint density at radius 3 is 1.80 bits per heavy atom. The minimum atomic E-state index is 0.965. The van der Waals surface area contributed by atoms with Gasteiger partial charge in [-0.25, -0.2) is 0 Å². The summed E-state index contributed by atoms with van der Waals surface area (Å²) in [7, 11) is 0. The number of hydrogen-bond acceptors (Lipinski definition) is 0. The summed E-state index contributed by atoms with van der Waals surface area (Å²) in [6, 6.07) is 0. The van der Waals surface area contributed by atoms with Gasteiger partial charge in [-0.15, -0.1) is 0 Å². The Labute approximate surface area is 190 Å². The molecule has 3 fully saturated rings. The molecule has 0 radical (unpaired) electrons. The van der Waals surface area contributed by atoms with E-state index in [2.05, 4.69) is 27.7 Å². The van der Waals surface area contributed by atoms with E-state index in [1.54, 1.807) is 25.7 Å². The predicted molar refractivity (Wildman–Crippen MR) is 134 cm³/mol. The summed E-state index contributed by atoms with van der Waals surface area (Å²) < 4.78 is 0. The molecule has 0 aromatic rings. The molecule has 30 heavy (non-hydrogen) atoms. The van der Waals surface area contributed by atoms with Crippen molar-refractivity contribution in [1.82, 2.24) is 0 Å². The van der Waals surface area contributed by atoms with E-state index in [1.807, 2.05) is 0 Å². The lowest BCUT2D eigenvalue weighted by Gasteiger charge is -2.47. The normalized spacial score (nSPS) is 32.6. The second-order valence-electron chi connectivity index (χ2n) is 12.3. The third kappa shape index (κ3) is 6.75. The van der Waals surface area contributed by atoms with Gasteiger partial charge in [0.25, 0.3) is 0 Å². The van der Waals surface area contributed by atoms with E-state index < -0.39 is 0 Å². The molecule has 0 amide bonds. The molecule has 0 aromatic carbocycles. The molecule has 0 bridgehead atoms. The Balaban J connectivity index is 1.78. The maximum absolute atomic E-state index is 2.72. The SMILES string of the molecule is CCCCCC(CC(C(C)C1CCCCC1)C1C(C)CCCC1C)C1CCCCC1. The average molecular weight is 417 g/mol. The minimum absolute atomic E-state index is 0.965. The van der Waals surface area contributed by atoms with Crippen LogP contribution in [0.3, 0.4) is 0 Å². The summed E-state index contributed by atoms with van der Waals surface area (Å²) >= 11 is 0. The highest BCUT2D eigenvalue weighted by Crippen LogP contribution is 2.49. The van der Waals surface area contributed by atoms with E-state index >= 15 is 0 Å². The maximum atomic E-state index is 2.72. The molecular weight excluding hydrogens is 360 g/mol. The van der Waals surface area contributed by atoms with Crippen molar-refractivity contribution in [2.45, 2.75) is 143 Å². The van der Waals surface area contributed by atoms with E-state index in [4.69, 9.17) is 0 Å². The Morgan fingerprint density at radius 1 is 0.667 bits per heavy atom. The van der Waals surface area contributed by atoms with Crippen molar-refractivity contribution < 1.29 is 0 Å². The number of rotatable bonds is 10. The van der Waals surface area contributed by atoms with Crippen molar-refractivity contribution in [2.75, 3.05) is 0 Å². The lowest BCUT2D eigenvalue weighted by molar-refractivity contribution is 0.0232. The largest absolute Gasteiger partial charge is 0.0654 e. The van der Waals surface area contributed by atoms with Gasteiger partial charge in [0.15, 0.2) is 0 Å². The molecule has 0 spiro atoms. The predicted octanol–water partition coefficient (Wildman–Crippen LogP) is 10.1. The average Bonchev–Trinajstić information content (AvgIpc) is 2.78. The first-order valence-electron chi connectivity index (χ1n) is 14.6. The third-order valence-corrected chi connectivity index (χ3v) is 10.3. The molecule has 3 aliphatic carbocycles. The van der Waals surface area contributed by atoms with Crippen molar-refractivity contribution in [3.05, 3.63) is 0 Å². The van der Waals surface area contributed by atoms with Crippen molar-refractivity contribution in [1.29, 1.82) is 0 Å². The zero-order valence-corrected chi connectivity index (χ0v) is 21.3. The number of unbranched alkanes of at least 4 members (excludes halogenated alkanes) is 2. The monoisotopic (exact) mass is 416 g/mol. The molecule has 3 rings (SSSR count). The highest BCUT2D eigenvalue weighted by atomic mass is 14.5. The Hall–Kier alpha value is 0. The Bertz CT molecular complexity index is 431. The zero-order chi connectivity index (χ0) is 21.3. The Kier molecular flexibility index (Phi) is 10.6. The van der Waals surface area contributed by atoms with Gasteiger partial charge in [0.05, 0.1) is 0 Å². The fraction of sp³-hybridized carbons (Fsp3) is 1.00. The van der Waals surface area contributed by atoms with Crippen molar-refractivity contribution in [3.8, 4) is 0 Å². The highest BCUT2D eigenvalue weighted by molar-refractivity contribution is 4.90. The van der Waals surface area contributed by atoms with E-state index in [0.29, 0.717) is 0 Å². The zero-order valence-electron chi connectivity index (χ0n) is 21.3. The Morgan fingerprint density at radius 2 is 1.23 bits per heavy atom. The quantitative estimate of drug-likeness (QED) is 0.311. The molecule has 5 atom stereocenters. The third-order valence-electron chi connectivity index (χ3n) is 10.3. The van der Waals surface area contributed by atoms with E-state index in [1.165, 1.54) is 89.9 Å². The van der Waals surface area contributed by atoms with Crippen LogP contribution in [0.1, 0.15) is 143 Å². The van der Waals surface area contributed by atoms with E-state index in [9.17, 15) is 0 Å². The van der Waals surface area contributed by atoms with E-state index in [0.717, 1.165) is 47.3 Å². The van der Waals surface area contributed by atoms with Crippen LogP contribution >= 0.6 is 0 Å². The van der Waals surface area contributed by atoms with Crippen LogP contribution in [0.15, 0.2) is 0 Å². The fourth-order valence-electron chi connectivity index (χ4n) is 8.44. The van der Waals surface area contributed by atoms with Gasteiger partial charge < -0.3 is 0 Å². The summed E-state index contributed by atoms with van der Waals surface area (Å²) in [5, 5.41) is 0. The van der Waals surface area contributed by atoms with Crippen LogP contribution < -0.4 is 0 Å². The molecule has 3 saturated carbocycles. The van der Waals surface area contributed by atoms with Gasteiger partial charge in [-0.05, 0) is 53.8 Å². The van der Waals surface area contributed by atoms with Gasteiger partial charge in [0, 0.05) is 0 Å². The first-order chi connectivity index (χ1) is 14.6. The van der Waals surface area contributed by atoms with Crippen LogP contribution in [0.4, 0.5) is 0 Å². The van der Waals surface area contributed by atoms with Crippen molar-refractivity contribution in [2.24, 2.45) is 47.3 Å². The second kappa shape index (κ2) is 12.9. The summed E-state index contributed by atoms with van der Waals surface area (Å²) in [4.78, 5) is 0. The molecule has 176 valence electrons. The van der Waals surface area contributed by atoms with Gasteiger partial charge in [-0.1, -0.05) is 137 Å². The lowest BCUT2D eigenvalue weighted by atomic mass is 9.58. The first-order valence-corrected chi connectivity index (χ1v) is 14.6. The smallest absolute Gasteiger partial charge is 0.0332 e. The second-order valence-corrected chi connectivity index (χ2v) is 12.3. The topological polar surface area (TPSA) is 0 Å². The van der Waals surface area contributed by atoms with Gasteiger partial charge in [-0.3, -0.25) is 0 Å². The molecule has 0 N–H and O–H groups in total. The summed E-state index contributed by atoms with van der Waals surface area (Å²) in [5.74, 6) is 8.04. The number of hydrogen-bond donors (Lipinski definition) is 0. The van der Waals surface area contributed by atoms with Gasteiger partial charge in [-0.2, -0.15) is 0 Å². The first kappa shape index (κ1) is 24.6. The minimum Gasteiger partial charge on any atom is -0.0654 e. The van der Waals surface area contributed by atoms with Gasteiger partial charge >= 0.3 is 0 Å². The molecule has 0 saturated heterocycles. The van der Waals surface area contributed by atoms with E-state index in [-0.39, 0.29) is 0 Å². The lowest BCUT2D eigenvalue weighted by Crippen LogP contribution is -2.39. The molecule has 0 nitrogen and oxygen atoms in total. The summed E-state index contributed by atoms with van der Waals surface area (Å²) in [6.07, 6.45) is 27.3. The van der Waals surface area contributed by atoms with Crippen LogP contribution in [0, 0.1) is 47.3 Å². The van der Waals surface area contributed by atoms with Crippen LogP contribution in [0.2, 0.25) is 0 Å². The molecule has 0 heteroatoms. The van der Waals surface area contributed by atoms with Crippen molar-refractivity contribution >= 4 is 0 Å². The molecular formula is C30H56. The van der Waals surface area contributed by atoms with Crippen LogP contribution in [0.5, 0.6) is 0 Å².